The van der Waals surface area contributed by atoms with Gasteiger partial charge in [-0.15, -0.1) is 0 Å². The molecule has 0 heterocycles. The molecule has 0 aliphatic rings. The van der Waals surface area contributed by atoms with Crippen LogP contribution >= 0.6 is 0 Å². The summed E-state index contributed by atoms with van der Waals surface area (Å²) in [6.45, 7) is 10.2. The Balaban J connectivity index is 3.93. The van der Waals surface area contributed by atoms with Gasteiger partial charge in [-0.3, -0.25) is 4.79 Å². The maximum Gasteiger partial charge on any atom is 0.212 e. The van der Waals surface area contributed by atoms with E-state index in [4.69, 9.17) is 4.74 Å². The molecule has 3 nitrogen and oxygen atoms in total. The number of carbonyl (C=O) groups is 1. The lowest BCUT2D eigenvalue weighted by molar-refractivity contribution is -0.882. The van der Waals surface area contributed by atoms with E-state index in [1.807, 2.05) is 21.0 Å². The molecule has 0 aromatic heterocycles. The van der Waals surface area contributed by atoms with Gasteiger partial charge in [-0.1, -0.05) is 6.58 Å². The zero-order valence-corrected chi connectivity index (χ0v) is 9.80. The Morgan fingerprint density at radius 3 is 2.43 bits per heavy atom. The van der Waals surface area contributed by atoms with Crippen LogP contribution in [0, 0.1) is 0 Å². The molecule has 82 valence electrons. The quantitative estimate of drug-likeness (QED) is 0.351. The van der Waals surface area contributed by atoms with Crippen LogP contribution in [0.3, 0.4) is 0 Å². The lowest BCUT2D eigenvalue weighted by Gasteiger charge is -2.28. The number of nitrogens with zero attached hydrogens (tertiary/aromatic N) is 1. The molecule has 0 atom stereocenters. The average Bonchev–Trinajstić information content (AvgIpc) is 2.03. The molecule has 0 radical (unpaired) electrons. The van der Waals surface area contributed by atoms with Gasteiger partial charge >= 0.3 is 0 Å². The molecule has 0 aromatic rings. The molecule has 0 rings (SSSR count). The minimum Gasteiger partial charge on any atom is -0.376 e. The summed E-state index contributed by atoms with van der Waals surface area (Å²) in [6.07, 6.45) is 0. The van der Waals surface area contributed by atoms with Crippen molar-refractivity contribution in [1.82, 2.24) is 0 Å². The second kappa shape index (κ2) is 5.94. The third kappa shape index (κ3) is 5.89. The van der Waals surface area contributed by atoms with E-state index in [2.05, 4.69) is 6.58 Å². The summed E-state index contributed by atoms with van der Waals surface area (Å²) in [5.74, 6) is 0.131. The molecule has 0 N–H and O–H groups in total. The van der Waals surface area contributed by atoms with Crippen LogP contribution in [0.2, 0.25) is 0 Å². The zero-order valence-electron chi connectivity index (χ0n) is 9.80. The highest BCUT2D eigenvalue weighted by atomic mass is 16.5. The number of hydrogen-bond donors (Lipinski definition) is 0. The highest BCUT2D eigenvalue weighted by molar-refractivity contribution is 5.95. The molecule has 0 saturated heterocycles. The standard InChI is InChI=1S/C11H22NO2/c1-6-14-8-7-12(4,5)9-11(13)10(2)3/h2,6-9H2,1,3-5H3/q+1. The van der Waals surface area contributed by atoms with Gasteiger partial charge < -0.3 is 9.22 Å². The van der Waals surface area contributed by atoms with Crippen LogP contribution in [0.15, 0.2) is 12.2 Å². The maximum absolute atomic E-state index is 11.4. The molecular formula is C11H22NO2+. The topological polar surface area (TPSA) is 26.3 Å². The van der Waals surface area contributed by atoms with Gasteiger partial charge in [0.15, 0.2) is 0 Å². The second-order valence-corrected chi connectivity index (χ2v) is 4.22. The van der Waals surface area contributed by atoms with Crippen molar-refractivity contribution in [3.63, 3.8) is 0 Å². The van der Waals surface area contributed by atoms with E-state index >= 15 is 0 Å². The lowest BCUT2D eigenvalue weighted by atomic mass is 10.2. The van der Waals surface area contributed by atoms with Crippen LogP contribution in [0.1, 0.15) is 13.8 Å². The van der Waals surface area contributed by atoms with Crippen molar-refractivity contribution in [1.29, 1.82) is 0 Å². The fraction of sp³-hybridized carbons (Fsp3) is 0.727. The zero-order chi connectivity index (χ0) is 11.2. The molecule has 0 fully saturated rings. The Labute approximate surface area is 86.9 Å². The van der Waals surface area contributed by atoms with Crippen molar-refractivity contribution >= 4 is 5.78 Å². The first-order valence-electron chi connectivity index (χ1n) is 4.97. The first kappa shape index (κ1) is 13.3. The number of ketones is 1. The smallest absolute Gasteiger partial charge is 0.212 e. The third-order valence-electron chi connectivity index (χ3n) is 2.09. The van der Waals surface area contributed by atoms with E-state index in [1.54, 1.807) is 6.92 Å². The summed E-state index contributed by atoms with van der Waals surface area (Å²) in [4.78, 5) is 11.4. The summed E-state index contributed by atoms with van der Waals surface area (Å²) in [5.41, 5.74) is 0.632. The molecular weight excluding hydrogens is 178 g/mol. The van der Waals surface area contributed by atoms with Crippen molar-refractivity contribution in [2.75, 3.05) is 40.4 Å². The van der Waals surface area contributed by atoms with Crippen LogP contribution in [-0.2, 0) is 9.53 Å². The molecule has 0 amide bonds. The summed E-state index contributed by atoms with van der Waals surface area (Å²) < 4.78 is 5.92. The monoisotopic (exact) mass is 200 g/mol. The number of Topliss-reactive ketones (excluding diaryl/α,β-unsaturated/α-hetero) is 1. The van der Waals surface area contributed by atoms with Gasteiger partial charge in [-0.05, 0) is 19.4 Å². The summed E-state index contributed by atoms with van der Waals surface area (Å²) in [5, 5.41) is 0. The predicted molar refractivity (Wildman–Crippen MR) is 58.2 cm³/mol. The minimum atomic E-state index is 0.131. The van der Waals surface area contributed by atoms with E-state index in [0.717, 1.165) is 13.2 Å². The van der Waals surface area contributed by atoms with E-state index in [-0.39, 0.29) is 5.78 Å². The van der Waals surface area contributed by atoms with E-state index in [1.165, 1.54) is 0 Å². The van der Waals surface area contributed by atoms with Crippen LogP contribution in [0.25, 0.3) is 0 Å². The van der Waals surface area contributed by atoms with Crippen molar-refractivity contribution in [3.8, 4) is 0 Å². The van der Waals surface area contributed by atoms with Crippen molar-refractivity contribution < 1.29 is 14.0 Å². The van der Waals surface area contributed by atoms with Gasteiger partial charge in [-0.2, -0.15) is 0 Å². The minimum absolute atomic E-state index is 0.131. The Hall–Kier alpha value is -0.670. The third-order valence-corrected chi connectivity index (χ3v) is 2.09. The fourth-order valence-corrected chi connectivity index (χ4v) is 1.06. The molecule has 14 heavy (non-hydrogen) atoms. The van der Waals surface area contributed by atoms with Crippen molar-refractivity contribution in [3.05, 3.63) is 12.2 Å². The molecule has 0 spiro atoms. The van der Waals surface area contributed by atoms with Gasteiger partial charge in [0.2, 0.25) is 5.78 Å². The summed E-state index contributed by atoms with van der Waals surface area (Å²) >= 11 is 0. The Morgan fingerprint density at radius 1 is 1.43 bits per heavy atom. The fourth-order valence-electron chi connectivity index (χ4n) is 1.06. The first-order chi connectivity index (χ1) is 6.39. The van der Waals surface area contributed by atoms with Crippen LogP contribution < -0.4 is 0 Å². The molecule has 0 aliphatic heterocycles. The molecule has 0 aromatic carbocycles. The summed E-state index contributed by atoms with van der Waals surface area (Å²) in [6, 6.07) is 0. The van der Waals surface area contributed by atoms with Crippen molar-refractivity contribution in [2.45, 2.75) is 13.8 Å². The van der Waals surface area contributed by atoms with E-state index < -0.39 is 0 Å². The number of likely N-dealkylation sites (N-methyl/N-ethyl adjacent to an activating group) is 1. The highest BCUT2D eigenvalue weighted by Crippen LogP contribution is 2.01. The Bertz CT molecular complexity index is 209. The normalized spacial score (nSPS) is 11.4. The lowest BCUT2D eigenvalue weighted by Crippen LogP contribution is -2.46. The van der Waals surface area contributed by atoms with Crippen LogP contribution in [-0.4, -0.2) is 50.7 Å². The van der Waals surface area contributed by atoms with E-state index in [0.29, 0.717) is 23.2 Å². The van der Waals surface area contributed by atoms with Gasteiger partial charge in [0.25, 0.3) is 0 Å². The molecule has 0 bridgehead atoms. The SMILES string of the molecule is C=C(C)C(=O)C[N+](C)(C)CCOCC. The number of ether oxygens (including phenoxy) is 1. The molecule has 0 unspecified atom stereocenters. The van der Waals surface area contributed by atoms with Gasteiger partial charge in [0.1, 0.15) is 13.1 Å². The number of quaternary nitrogens is 1. The predicted octanol–water partition coefficient (Wildman–Crippen LogP) is 1.24. The highest BCUT2D eigenvalue weighted by Gasteiger charge is 2.19. The van der Waals surface area contributed by atoms with Gasteiger partial charge in [0.05, 0.1) is 20.7 Å². The Kier molecular flexibility index (Phi) is 5.65. The first-order valence-corrected chi connectivity index (χ1v) is 4.97. The molecule has 0 aliphatic carbocycles. The van der Waals surface area contributed by atoms with Gasteiger partial charge in [-0.25, -0.2) is 0 Å². The summed E-state index contributed by atoms with van der Waals surface area (Å²) in [7, 11) is 4.06. The van der Waals surface area contributed by atoms with Gasteiger partial charge in [0, 0.05) is 6.61 Å². The molecule has 3 heteroatoms. The number of hydrogen-bond acceptors (Lipinski definition) is 2. The Morgan fingerprint density at radius 2 is 2.00 bits per heavy atom. The van der Waals surface area contributed by atoms with Crippen LogP contribution in [0.5, 0.6) is 0 Å². The molecule has 0 saturated carbocycles. The number of carbonyl (C=O) groups excluding carboxylic acids is 1. The maximum atomic E-state index is 11.4. The number of rotatable bonds is 7. The largest absolute Gasteiger partial charge is 0.376 e. The van der Waals surface area contributed by atoms with Crippen molar-refractivity contribution in [2.24, 2.45) is 0 Å². The van der Waals surface area contributed by atoms with Crippen LogP contribution in [0.4, 0.5) is 0 Å². The average molecular weight is 200 g/mol. The second-order valence-electron chi connectivity index (χ2n) is 4.22. The van der Waals surface area contributed by atoms with E-state index in [9.17, 15) is 4.79 Å².